The van der Waals surface area contributed by atoms with E-state index in [2.05, 4.69) is 9.68 Å². The molecule has 0 fully saturated rings. The largest absolute Gasteiger partial charge is 0.488 e. The molecule has 0 aliphatic rings. The fraction of sp³-hybridized carbons (Fsp3) is 0.167. The molecule has 0 N–H and O–H groups in total. The summed E-state index contributed by atoms with van der Waals surface area (Å²) in [5, 5.41) is 3.57. The number of hydrogen-bond acceptors (Lipinski definition) is 4. The molecule has 0 aliphatic carbocycles. The highest BCUT2D eigenvalue weighted by atomic mass is 16.5. The van der Waals surface area contributed by atoms with E-state index in [-0.39, 0.29) is 5.78 Å². The van der Waals surface area contributed by atoms with E-state index < -0.39 is 0 Å². The molecular formula is C12H11NO3. The van der Waals surface area contributed by atoms with Crippen LogP contribution in [0.15, 0.2) is 41.2 Å². The maximum Gasteiger partial charge on any atom is 0.163 e. The summed E-state index contributed by atoms with van der Waals surface area (Å²) in [7, 11) is 0. The van der Waals surface area contributed by atoms with Gasteiger partial charge in [-0.05, 0) is 19.1 Å². The van der Waals surface area contributed by atoms with Crippen LogP contribution in [0.3, 0.4) is 0 Å². The van der Waals surface area contributed by atoms with Gasteiger partial charge in [-0.3, -0.25) is 4.79 Å². The van der Waals surface area contributed by atoms with Crippen LogP contribution in [0.4, 0.5) is 0 Å². The van der Waals surface area contributed by atoms with E-state index >= 15 is 0 Å². The average molecular weight is 217 g/mol. The molecule has 16 heavy (non-hydrogen) atoms. The second-order valence-corrected chi connectivity index (χ2v) is 3.37. The number of hydrogen-bond donors (Lipinski definition) is 0. The summed E-state index contributed by atoms with van der Waals surface area (Å²) in [6.07, 6.45) is 3.09. The van der Waals surface area contributed by atoms with Gasteiger partial charge in [0.25, 0.3) is 0 Å². The van der Waals surface area contributed by atoms with E-state index in [1.54, 1.807) is 18.3 Å². The van der Waals surface area contributed by atoms with Gasteiger partial charge in [0.15, 0.2) is 5.78 Å². The summed E-state index contributed by atoms with van der Waals surface area (Å²) in [6.45, 7) is 1.86. The molecule has 0 radical (unpaired) electrons. The minimum atomic E-state index is -0.0130. The van der Waals surface area contributed by atoms with Crippen LogP contribution in [-0.2, 0) is 6.61 Å². The van der Waals surface area contributed by atoms with Crippen LogP contribution >= 0.6 is 0 Å². The van der Waals surface area contributed by atoms with Gasteiger partial charge in [-0.1, -0.05) is 17.3 Å². The summed E-state index contributed by atoms with van der Waals surface area (Å²) in [5.41, 5.74) is 1.41. The number of ether oxygens (including phenoxy) is 1. The Labute approximate surface area is 92.8 Å². The number of ketones is 1. The maximum absolute atomic E-state index is 11.3. The van der Waals surface area contributed by atoms with E-state index in [9.17, 15) is 4.79 Å². The fourth-order valence-corrected chi connectivity index (χ4v) is 1.34. The summed E-state index contributed by atoms with van der Waals surface area (Å²) < 4.78 is 10.2. The topological polar surface area (TPSA) is 52.3 Å². The van der Waals surface area contributed by atoms with Crippen LogP contribution in [0.2, 0.25) is 0 Å². The molecular weight excluding hydrogens is 206 g/mol. The zero-order valence-corrected chi connectivity index (χ0v) is 8.84. The van der Waals surface area contributed by atoms with Gasteiger partial charge in [0.2, 0.25) is 0 Å². The van der Waals surface area contributed by atoms with Crippen molar-refractivity contribution in [3.05, 3.63) is 47.9 Å². The van der Waals surface area contributed by atoms with Gasteiger partial charge in [-0.15, -0.1) is 0 Å². The van der Waals surface area contributed by atoms with Crippen molar-refractivity contribution in [1.29, 1.82) is 0 Å². The Hall–Kier alpha value is -2.10. The molecule has 1 aromatic carbocycles. The molecule has 2 rings (SSSR count). The average Bonchev–Trinajstić information content (AvgIpc) is 2.79. The summed E-state index contributed by atoms with van der Waals surface area (Å²) in [6, 6.07) is 7.15. The summed E-state index contributed by atoms with van der Waals surface area (Å²) in [4.78, 5) is 11.3. The van der Waals surface area contributed by atoms with E-state index in [1.165, 1.54) is 13.2 Å². The smallest absolute Gasteiger partial charge is 0.163 e. The second kappa shape index (κ2) is 4.61. The number of nitrogens with zero attached hydrogens (tertiary/aromatic N) is 1. The van der Waals surface area contributed by atoms with E-state index in [0.29, 0.717) is 17.9 Å². The molecule has 0 saturated heterocycles. The van der Waals surface area contributed by atoms with E-state index in [0.717, 1.165) is 5.56 Å². The minimum absolute atomic E-state index is 0.0130. The van der Waals surface area contributed by atoms with Gasteiger partial charge in [0.05, 0.1) is 11.8 Å². The maximum atomic E-state index is 11.3. The minimum Gasteiger partial charge on any atom is -0.488 e. The Morgan fingerprint density at radius 3 is 2.94 bits per heavy atom. The molecule has 1 heterocycles. The number of carbonyl (C=O) groups is 1. The zero-order chi connectivity index (χ0) is 11.4. The Bertz CT molecular complexity index is 477. The Kier molecular flexibility index (Phi) is 3.00. The lowest BCUT2D eigenvalue weighted by Gasteiger charge is -2.07. The standard InChI is InChI=1S/C12H11NO3/c1-9(14)11-4-2-3-5-12(11)15-7-10-6-13-16-8-10/h2-6,8H,7H2,1H3. The molecule has 0 bridgehead atoms. The first-order valence-corrected chi connectivity index (χ1v) is 4.88. The third-order valence-electron chi connectivity index (χ3n) is 2.14. The third kappa shape index (κ3) is 2.28. The number of para-hydroxylation sites is 1. The molecule has 4 nitrogen and oxygen atoms in total. The number of Topliss-reactive ketones (excluding diaryl/α,β-unsaturated/α-hetero) is 1. The predicted octanol–water partition coefficient (Wildman–Crippen LogP) is 2.46. The van der Waals surface area contributed by atoms with E-state index in [1.807, 2.05) is 12.1 Å². The molecule has 0 aliphatic heterocycles. The third-order valence-corrected chi connectivity index (χ3v) is 2.14. The van der Waals surface area contributed by atoms with Crippen LogP contribution < -0.4 is 4.74 Å². The monoisotopic (exact) mass is 217 g/mol. The fourth-order valence-electron chi connectivity index (χ4n) is 1.34. The van der Waals surface area contributed by atoms with Crippen molar-refractivity contribution >= 4 is 5.78 Å². The number of benzene rings is 1. The number of carbonyl (C=O) groups excluding carboxylic acids is 1. The quantitative estimate of drug-likeness (QED) is 0.738. The van der Waals surface area contributed by atoms with Crippen molar-refractivity contribution in [1.82, 2.24) is 5.16 Å². The number of rotatable bonds is 4. The van der Waals surface area contributed by atoms with Crippen LogP contribution in [0.1, 0.15) is 22.8 Å². The molecule has 0 saturated carbocycles. The number of aromatic nitrogens is 1. The van der Waals surface area contributed by atoms with Crippen molar-refractivity contribution in [2.24, 2.45) is 0 Å². The Morgan fingerprint density at radius 1 is 1.44 bits per heavy atom. The van der Waals surface area contributed by atoms with Crippen molar-refractivity contribution in [2.75, 3.05) is 0 Å². The first kappa shape index (κ1) is 10.4. The van der Waals surface area contributed by atoms with Crippen molar-refractivity contribution in [2.45, 2.75) is 13.5 Å². The lowest BCUT2D eigenvalue weighted by Crippen LogP contribution is -2.00. The zero-order valence-electron chi connectivity index (χ0n) is 8.84. The summed E-state index contributed by atoms with van der Waals surface area (Å²) in [5.74, 6) is 0.567. The molecule has 82 valence electrons. The van der Waals surface area contributed by atoms with Gasteiger partial charge >= 0.3 is 0 Å². The van der Waals surface area contributed by atoms with Gasteiger partial charge in [-0.2, -0.15) is 0 Å². The van der Waals surface area contributed by atoms with Crippen molar-refractivity contribution < 1.29 is 14.1 Å². The van der Waals surface area contributed by atoms with E-state index in [4.69, 9.17) is 4.74 Å². The highest BCUT2D eigenvalue weighted by molar-refractivity contribution is 5.96. The normalized spacial score (nSPS) is 10.1. The SMILES string of the molecule is CC(=O)c1ccccc1OCc1cnoc1. The molecule has 2 aromatic rings. The second-order valence-electron chi connectivity index (χ2n) is 3.37. The van der Waals surface area contributed by atoms with Crippen molar-refractivity contribution in [3.8, 4) is 5.75 Å². The molecule has 0 spiro atoms. The Morgan fingerprint density at radius 2 is 2.25 bits per heavy atom. The molecule has 0 atom stereocenters. The lowest BCUT2D eigenvalue weighted by molar-refractivity contribution is 0.101. The highest BCUT2D eigenvalue weighted by Gasteiger charge is 2.07. The van der Waals surface area contributed by atoms with Crippen LogP contribution in [0.25, 0.3) is 0 Å². The van der Waals surface area contributed by atoms with Crippen LogP contribution in [0, 0.1) is 0 Å². The van der Waals surface area contributed by atoms with Crippen LogP contribution in [0.5, 0.6) is 5.75 Å². The highest BCUT2D eigenvalue weighted by Crippen LogP contribution is 2.19. The van der Waals surface area contributed by atoms with Gasteiger partial charge in [0, 0.05) is 5.56 Å². The van der Waals surface area contributed by atoms with Gasteiger partial charge in [-0.25, -0.2) is 0 Å². The molecule has 0 amide bonds. The molecule has 0 unspecified atom stereocenters. The first-order chi connectivity index (χ1) is 7.77. The van der Waals surface area contributed by atoms with Gasteiger partial charge in [0.1, 0.15) is 18.6 Å². The summed E-state index contributed by atoms with van der Waals surface area (Å²) >= 11 is 0. The molecule has 4 heteroatoms. The predicted molar refractivity (Wildman–Crippen MR) is 57.3 cm³/mol. The van der Waals surface area contributed by atoms with Crippen LogP contribution in [-0.4, -0.2) is 10.9 Å². The molecule has 1 aromatic heterocycles. The Balaban J connectivity index is 2.12. The lowest BCUT2D eigenvalue weighted by atomic mass is 10.1. The first-order valence-electron chi connectivity index (χ1n) is 4.88. The van der Waals surface area contributed by atoms with Crippen molar-refractivity contribution in [3.63, 3.8) is 0 Å². The van der Waals surface area contributed by atoms with Gasteiger partial charge < -0.3 is 9.26 Å².